The molecule has 3 aromatic rings. The van der Waals surface area contributed by atoms with Gasteiger partial charge in [-0.3, -0.25) is 4.57 Å². The Morgan fingerprint density at radius 1 is 0.892 bits per heavy atom. The van der Waals surface area contributed by atoms with Crippen molar-refractivity contribution in [3.63, 3.8) is 0 Å². The summed E-state index contributed by atoms with van der Waals surface area (Å²) in [5.41, 5.74) is 4.54. The van der Waals surface area contributed by atoms with Gasteiger partial charge in [0.2, 0.25) is 0 Å². The molecule has 1 heterocycles. The number of carbonyl (C=O) groups excluding carboxylic acids is 1. The molecular weight excluding hydrogens is 523 g/mol. The molecule has 4 saturated carbocycles. The zero-order valence-corrected chi connectivity index (χ0v) is 23.4. The highest BCUT2D eigenvalue weighted by atomic mass is 35.5. The van der Waals surface area contributed by atoms with Crippen LogP contribution in [0.2, 0.25) is 15.1 Å². The minimum absolute atomic E-state index is 0.103. The fourth-order valence-electron chi connectivity index (χ4n) is 7.84. The molecule has 0 aliphatic heterocycles. The van der Waals surface area contributed by atoms with E-state index >= 15 is 0 Å². The first-order chi connectivity index (χ1) is 17.9. The van der Waals surface area contributed by atoms with Crippen LogP contribution in [0, 0.1) is 36.5 Å². The number of nitrogens with one attached hydrogen (secondary N) is 1. The average molecular weight is 556 g/mol. The molecule has 0 spiro atoms. The molecule has 0 unspecified atom stereocenters. The Morgan fingerprint density at radius 3 is 2.19 bits per heavy atom. The fourth-order valence-corrected chi connectivity index (χ4v) is 8.47. The number of aromatic nitrogens is 1. The van der Waals surface area contributed by atoms with E-state index in [0.717, 1.165) is 64.0 Å². The lowest BCUT2D eigenvalue weighted by Crippen LogP contribution is -2.45. The first kappa shape index (κ1) is 25.3. The third kappa shape index (κ3) is 4.95. The number of rotatable bonds is 6. The van der Waals surface area contributed by atoms with Gasteiger partial charge < -0.3 is 5.32 Å². The van der Waals surface area contributed by atoms with Crippen LogP contribution >= 0.6 is 34.8 Å². The van der Waals surface area contributed by atoms with Gasteiger partial charge in [-0.2, -0.15) is 0 Å². The summed E-state index contributed by atoms with van der Waals surface area (Å²) in [6, 6.07) is 13.1. The van der Waals surface area contributed by atoms with Gasteiger partial charge in [0.05, 0.1) is 0 Å². The van der Waals surface area contributed by atoms with Crippen molar-refractivity contribution in [2.75, 3.05) is 6.54 Å². The molecule has 2 aromatic carbocycles. The first-order valence-corrected chi connectivity index (χ1v) is 14.7. The molecule has 37 heavy (non-hydrogen) atoms. The molecule has 1 aromatic heterocycles. The number of hydrogen-bond donors (Lipinski definition) is 1. The summed E-state index contributed by atoms with van der Waals surface area (Å²) in [6.45, 7) is 2.68. The van der Waals surface area contributed by atoms with Gasteiger partial charge in [0, 0.05) is 50.2 Å². The summed E-state index contributed by atoms with van der Waals surface area (Å²) in [7, 11) is 0. The lowest BCUT2D eigenvalue weighted by atomic mass is 9.51. The van der Waals surface area contributed by atoms with E-state index in [-0.39, 0.29) is 6.03 Å². The molecule has 1 N–H and O–H groups in total. The van der Waals surface area contributed by atoms with E-state index in [1.807, 2.05) is 49.5 Å². The van der Waals surface area contributed by atoms with Crippen LogP contribution in [0.4, 0.5) is 4.79 Å². The van der Waals surface area contributed by atoms with E-state index < -0.39 is 0 Å². The maximum Gasteiger partial charge on any atom is 0.325 e. The Morgan fingerprint density at radius 2 is 1.54 bits per heavy atom. The first-order valence-electron chi connectivity index (χ1n) is 13.6. The third-order valence-corrected chi connectivity index (χ3v) is 10.0. The zero-order valence-electron chi connectivity index (χ0n) is 21.2. The van der Waals surface area contributed by atoms with E-state index in [2.05, 4.69) is 5.32 Å². The molecule has 1 amide bonds. The minimum atomic E-state index is -0.103. The van der Waals surface area contributed by atoms with Gasteiger partial charge >= 0.3 is 6.03 Å². The highest BCUT2D eigenvalue weighted by Crippen LogP contribution is 2.57. The van der Waals surface area contributed by atoms with E-state index in [4.69, 9.17) is 34.8 Å². The quantitative estimate of drug-likeness (QED) is 0.302. The molecule has 0 saturated heterocycles. The monoisotopic (exact) mass is 554 g/mol. The predicted octanol–water partition coefficient (Wildman–Crippen LogP) is 9.50. The van der Waals surface area contributed by atoms with Crippen LogP contribution in [0.15, 0.2) is 48.7 Å². The van der Waals surface area contributed by atoms with Crippen molar-refractivity contribution >= 4 is 40.8 Å². The van der Waals surface area contributed by atoms with Crippen molar-refractivity contribution in [1.29, 1.82) is 0 Å². The molecule has 194 valence electrons. The van der Waals surface area contributed by atoms with E-state index in [9.17, 15) is 4.79 Å². The summed E-state index contributed by atoms with van der Waals surface area (Å²) in [4.78, 5) is 13.4. The molecule has 0 radical (unpaired) electrons. The molecule has 4 fully saturated rings. The maximum atomic E-state index is 13.4. The van der Waals surface area contributed by atoms with Crippen LogP contribution in [0.1, 0.15) is 50.6 Å². The van der Waals surface area contributed by atoms with Crippen LogP contribution < -0.4 is 5.32 Å². The lowest BCUT2D eigenvalue weighted by molar-refractivity contribution is -0.0401. The number of amides is 1. The molecule has 0 atom stereocenters. The van der Waals surface area contributed by atoms with Crippen molar-refractivity contribution in [2.45, 2.75) is 51.9 Å². The number of halogens is 3. The van der Waals surface area contributed by atoms with Gasteiger partial charge in [0.25, 0.3) is 0 Å². The molecule has 4 bridgehead atoms. The molecule has 7 rings (SSSR count). The zero-order chi connectivity index (χ0) is 25.7. The van der Waals surface area contributed by atoms with Crippen LogP contribution in [0.25, 0.3) is 22.3 Å². The topological polar surface area (TPSA) is 34.0 Å². The predicted molar refractivity (Wildman–Crippen MR) is 154 cm³/mol. The van der Waals surface area contributed by atoms with Crippen LogP contribution in [-0.4, -0.2) is 17.1 Å². The summed E-state index contributed by atoms with van der Waals surface area (Å²) in [6.07, 6.45) is 11.5. The maximum absolute atomic E-state index is 13.4. The highest BCUT2D eigenvalue weighted by Gasteiger charge is 2.47. The second kappa shape index (κ2) is 10.3. The van der Waals surface area contributed by atoms with Crippen molar-refractivity contribution in [2.24, 2.45) is 29.6 Å². The summed E-state index contributed by atoms with van der Waals surface area (Å²) < 4.78 is 1.72. The van der Waals surface area contributed by atoms with Crippen LogP contribution in [0.3, 0.4) is 0 Å². The lowest BCUT2D eigenvalue weighted by Gasteiger charge is -2.54. The Labute approximate surface area is 234 Å². The largest absolute Gasteiger partial charge is 0.337 e. The number of benzene rings is 2. The van der Waals surface area contributed by atoms with E-state index in [0.29, 0.717) is 21.6 Å². The standard InChI is InChI=1S/C31H33Cl3N2O/c1-18-30(21-4-6-24(32)7-5-21)28(27-9-8-25(33)16-29(27)34)17-36(18)31(37)35-10-2-3-26-22-12-19-11-20(14-22)15-23(26)13-19/h4-9,16-17,19-20,22-23,26H,2-3,10-15H2,1H3,(H,35,37). The summed E-state index contributed by atoms with van der Waals surface area (Å²) in [5.74, 6) is 4.76. The second-order valence-corrected chi connectivity index (χ2v) is 12.8. The normalized spacial score (nSPS) is 26.0. The Balaban J connectivity index is 1.19. The molecule has 3 nitrogen and oxygen atoms in total. The number of carbonyl (C=O) groups is 1. The third-order valence-electron chi connectivity index (χ3n) is 9.24. The van der Waals surface area contributed by atoms with Gasteiger partial charge in [-0.1, -0.05) is 53.0 Å². The summed E-state index contributed by atoms with van der Waals surface area (Å²) in [5, 5.41) is 4.99. The highest BCUT2D eigenvalue weighted by molar-refractivity contribution is 6.36. The summed E-state index contributed by atoms with van der Waals surface area (Å²) >= 11 is 18.9. The molecular formula is C31H33Cl3N2O. The van der Waals surface area contributed by atoms with E-state index in [1.165, 1.54) is 38.5 Å². The Hall–Kier alpha value is -1.94. The van der Waals surface area contributed by atoms with Gasteiger partial charge in [0.1, 0.15) is 0 Å². The van der Waals surface area contributed by atoms with Gasteiger partial charge in [-0.15, -0.1) is 0 Å². The van der Waals surface area contributed by atoms with Crippen molar-refractivity contribution in [1.82, 2.24) is 9.88 Å². The van der Waals surface area contributed by atoms with Gasteiger partial charge in [-0.25, -0.2) is 4.79 Å². The van der Waals surface area contributed by atoms with Crippen molar-refractivity contribution in [3.05, 3.63) is 69.4 Å². The number of nitrogens with zero attached hydrogens (tertiary/aromatic N) is 1. The van der Waals surface area contributed by atoms with Gasteiger partial charge in [0.15, 0.2) is 0 Å². The second-order valence-electron chi connectivity index (χ2n) is 11.5. The van der Waals surface area contributed by atoms with Gasteiger partial charge in [-0.05, 0) is 111 Å². The number of hydrogen-bond acceptors (Lipinski definition) is 1. The molecule has 4 aliphatic carbocycles. The Kier molecular flexibility index (Phi) is 7.07. The van der Waals surface area contributed by atoms with Crippen molar-refractivity contribution < 1.29 is 4.79 Å². The van der Waals surface area contributed by atoms with E-state index in [1.54, 1.807) is 10.6 Å². The van der Waals surface area contributed by atoms with Crippen molar-refractivity contribution in [3.8, 4) is 22.3 Å². The van der Waals surface area contributed by atoms with Crippen LogP contribution in [0.5, 0.6) is 0 Å². The van der Waals surface area contributed by atoms with Crippen LogP contribution in [-0.2, 0) is 0 Å². The average Bonchev–Trinajstić information content (AvgIpc) is 3.20. The minimum Gasteiger partial charge on any atom is -0.337 e. The molecule has 6 heteroatoms. The SMILES string of the molecule is Cc1c(-c2ccc(Cl)cc2)c(-c2ccc(Cl)cc2Cl)cn1C(=O)NCCCC1C2CC3CC(C2)CC1C3. The fraction of sp³-hybridized carbons (Fsp3) is 0.452. The Bertz CT molecular complexity index is 1280. The molecule has 4 aliphatic rings. The smallest absolute Gasteiger partial charge is 0.325 e.